The van der Waals surface area contributed by atoms with Crippen LogP contribution in [0.3, 0.4) is 0 Å². The van der Waals surface area contributed by atoms with Gasteiger partial charge in [0.05, 0.1) is 0 Å². The second kappa shape index (κ2) is 2.42. The van der Waals surface area contributed by atoms with Crippen molar-refractivity contribution in [2.45, 2.75) is 48.7 Å². The van der Waals surface area contributed by atoms with Crippen LogP contribution in [0, 0.1) is 0 Å². The Hall–Kier alpha value is 0.310. The van der Waals surface area contributed by atoms with Crippen LogP contribution in [0.2, 0.25) is 0 Å². The minimum Gasteiger partial charge on any atom is -0.380 e. The van der Waals surface area contributed by atoms with Crippen molar-refractivity contribution in [2.24, 2.45) is 0 Å². The maximum absolute atomic E-state index is 9.86. The fourth-order valence-corrected chi connectivity index (χ4v) is 3.74. The van der Waals surface area contributed by atoms with Gasteiger partial charge in [-0.15, -0.1) is 11.8 Å². The Morgan fingerprint density at radius 2 is 1.80 bits per heavy atom. The van der Waals surface area contributed by atoms with E-state index in [2.05, 4.69) is 0 Å². The maximum atomic E-state index is 9.86. The van der Waals surface area contributed by atoms with Crippen LogP contribution in [-0.2, 0) is 0 Å². The van der Waals surface area contributed by atoms with E-state index in [0.29, 0.717) is 0 Å². The number of thioether (sulfide) groups is 1. The minimum atomic E-state index is -0.304. The molecule has 2 saturated heterocycles. The first-order valence-corrected chi connectivity index (χ1v) is 5.07. The molecule has 2 fully saturated rings. The molecule has 58 valence electrons. The van der Waals surface area contributed by atoms with E-state index in [1.54, 1.807) is 0 Å². The predicted octanol–water partition coefficient (Wildman–Crippen LogP) is 2.14. The molecule has 2 rings (SSSR count). The first-order chi connectivity index (χ1) is 4.79. The third kappa shape index (κ3) is 1.19. The summed E-state index contributed by atoms with van der Waals surface area (Å²) in [5.41, 5.74) is 0. The zero-order chi connectivity index (χ0) is 7.03. The molecule has 1 N–H and O–H groups in total. The Balaban J connectivity index is 2.07. The van der Waals surface area contributed by atoms with Crippen molar-refractivity contribution >= 4 is 11.8 Å². The Bertz CT molecular complexity index is 125. The highest BCUT2D eigenvalue weighted by molar-refractivity contribution is 8.01. The van der Waals surface area contributed by atoms with Gasteiger partial charge < -0.3 is 5.11 Å². The molecule has 0 spiro atoms. The summed E-state index contributed by atoms with van der Waals surface area (Å²) in [6.45, 7) is 0. The lowest BCUT2D eigenvalue weighted by atomic mass is 9.96. The first kappa shape index (κ1) is 6.99. The van der Waals surface area contributed by atoms with Crippen molar-refractivity contribution in [3.8, 4) is 0 Å². The molecule has 2 heterocycles. The molecular formula is C8H14OS. The van der Waals surface area contributed by atoms with Crippen LogP contribution in [0.5, 0.6) is 0 Å². The van der Waals surface area contributed by atoms with Crippen LogP contribution in [0.15, 0.2) is 0 Å². The van der Waals surface area contributed by atoms with E-state index in [4.69, 9.17) is 0 Å². The largest absolute Gasteiger partial charge is 0.380 e. The SMILES string of the molecule is OC12CCCC(CCC1)S2. The summed E-state index contributed by atoms with van der Waals surface area (Å²) >= 11 is 1.83. The van der Waals surface area contributed by atoms with Gasteiger partial charge in [-0.1, -0.05) is 0 Å². The van der Waals surface area contributed by atoms with Gasteiger partial charge in [0.25, 0.3) is 0 Å². The van der Waals surface area contributed by atoms with E-state index >= 15 is 0 Å². The minimum absolute atomic E-state index is 0.304. The second-order valence-corrected chi connectivity index (χ2v) is 5.13. The number of aliphatic hydroxyl groups is 1. The Morgan fingerprint density at radius 3 is 2.20 bits per heavy atom. The zero-order valence-electron chi connectivity index (χ0n) is 6.18. The van der Waals surface area contributed by atoms with Crippen molar-refractivity contribution in [1.29, 1.82) is 0 Å². The highest BCUT2D eigenvalue weighted by atomic mass is 32.2. The monoisotopic (exact) mass is 158 g/mol. The van der Waals surface area contributed by atoms with Gasteiger partial charge in [-0.2, -0.15) is 0 Å². The lowest BCUT2D eigenvalue weighted by Gasteiger charge is -2.40. The van der Waals surface area contributed by atoms with Crippen LogP contribution in [0.25, 0.3) is 0 Å². The summed E-state index contributed by atoms with van der Waals surface area (Å²) in [4.78, 5) is -0.304. The van der Waals surface area contributed by atoms with Gasteiger partial charge in [0.15, 0.2) is 0 Å². The number of hydrogen-bond acceptors (Lipinski definition) is 2. The molecule has 2 aliphatic rings. The van der Waals surface area contributed by atoms with Gasteiger partial charge in [-0.3, -0.25) is 0 Å². The molecule has 2 heteroatoms. The Morgan fingerprint density at radius 1 is 1.20 bits per heavy atom. The lowest BCUT2D eigenvalue weighted by molar-refractivity contribution is 0.0950. The first-order valence-electron chi connectivity index (χ1n) is 4.19. The smallest absolute Gasteiger partial charge is 0.110 e. The molecule has 1 nitrogen and oxygen atoms in total. The summed E-state index contributed by atoms with van der Waals surface area (Å²) in [5, 5.41) is 10.6. The van der Waals surface area contributed by atoms with Gasteiger partial charge in [0, 0.05) is 5.25 Å². The average Bonchev–Trinajstić information content (AvgIpc) is 1.86. The summed E-state index contributed by atoms with van der Waals surface area (Å²) in [6, 6.07) is 0. The second-order valence-electron chi connectivity index (χ2n) is 3.47. The van der Waals surface area contributed by atoms with Crippen LogP contribution in [0.4, 0.5) is 0 Å². The molecule has 2 aliphatic heterocycles. The van der Waals surface area contributed by atoms with Gasteiger partial charge in [-0.05, 0) is 38.5 Å². The zero-order valence-corrected chi connectivity index (χ0v) is 6.99. The van der Waals surface area contributed by atoms with Crippen molar-refractivity contribution in [2.75, 3.05) is 0 Å². The van der Waals surface area contributed by atoms with E-state index in [1.807, 2.05) is 11.8 Å². The Labute approximate surface area is 66.2 Å². The third-order valence-electron chi connectivity index (χ3n) is 2.57. The van der Waals surface area contributed by atoms with Crippen molar-refractivity contribution < 1.29 is 5.11 Å². The van der Waals surface area contributed by atoms with Crippen molar-refractivity contribution in [3.05, 3.63) is 0 Å². The molecule has 0 atom stereocenters. The third-order valence-corrected chi connectivity index (χ3v) is 4.22. The van der Waals surface area contributed by atoms with Crippen LogP contribution < -0.4 is 0 Å². The van der Waals surface area contributed by atoms with Crippen molar-refractivity contribution in [1.82, 2.24) is 0 Å². The molecule has 0 radical (unpaired) electrons. The summed E-state index contributed by atoms with van der Waals surface area (Å²) in [6.07, 6.45) is 7.24. The molecule has 10 heavy (non-hydrogen) atoms. The van der Waals surface area contributed by atoms with E-state index in [1.165, 1.54) is 25.7 Å². The molecule has 2 bridgehead atoms. The van der Waals surface area contributed by atoms with Crippen LogP contribution in [-0.4, -0.2) is 15.3 Å². The quantitative estimate of drug-likeness (QED) is 0.583. The van der Waals surface area contributed by atoms with Crippen molar-refractivity contribution in [3.63, 3.8) is 0 Å². The predicted molar refractivity (Wildman–Crippen MR) is 44.0 cm³/mol. The maximum Gasteiger partial charge on any atom is 0.110 e. The summed E-state index contributed by atoms with van der Waals surface area (Å²) in [5.74, 6) is 0. The lowest BCUT2D eigenvalue weighted by Crippen LogP contribution is -2.35. The van der Waals surface area contributed by atoms with Crippen LogP contribution in [0.1, 0.15) is 38.5 Å². The molecule has 0 aromatic carbocycles. The molecule has 0 saturated carbocycles. The van der Waals surface area contributed by atoms with E-state index < -0.39 is 0 Å². The summed E-state index contributed by atoms with van der Waals surface area (Å²) < 4.78 is 0. The van der Waals surface area contributed by atoms with E-state index in [9.17, 15) is 5.11 Å². The van der Waals surface area contributed by atoms with Crippen LogP contribution >= 0.6 is 11.8 Å². The molecular weight excluding hydrogens is 144 g/mol. The normalized spacial score (nSPS) is 47.1. The Kier molecular flexibility index (Phi) is 1.69. The van der Waals surface area contributed by atoms with Gasteiger partial charge in [0.2, 0.25) is 0 Å². The average molecular weight is 158 g/mol. The fraction of sp³-hybridized carbons (Fsp3) is 1.00. The van der Waals surface area contributed by atoms with Gasteiger partial charge >= 0.3 is 0 Å². The molecule has 0 aliphatic carbocycles. The van der Waals surface area contributed by atoms with Gasteiger partial charge in [-0.25, -0.2) is 0 Å². The molecule has 0 amide bonds. The number of fused-ring (bicyclic) bond motifs is 2. The summed E-state index contributed by atoms with van der Waals surface area (Å²) in [7, 11) is 0. The number of hydrogen-bond donors (Lipinski definition) is 1. The highest BCUT2D eigenvalue weighted by Crippen LogP contribution is 2.47. The topological polar surface area (TPSA) is 20.2 Å². The van der Waals surface area contributed by atoms with E-state index in [-0.39, 0.29) is 4.93 Å². The van der Waals surface area contributed by atoms with E-state index in [0.717, 1.165) is 18.1 Å². The number of rotatable bonds is 0. The highest BCUT2D eigenvalue weighted by Gasteiger charge is 2.37. The van der Waals surface area contributed by atoms with Gasteiger partial charge in [0.1, 0.15) is 4.93 Å². The molecule has 0 unspecified atom stereocenters. The fourth-order valence-electron chi connectivity index (χ4n) is 2.03. The standard InChI is InChI=1S/C8H14OS/c9-8-5-1-3-7(10-8)4-2-6-8/h7,9H,1-6H2. The molecule has 0 aromatic heterocycles. The molecule has 0 aromatic rings.